The molecule has 4 heteroatoms. The summed E-state index contributed by atoms with van der Waals surface area (Å²) in [7, 11) is 0. The molecule has 0 saturated carbocycles. The van der Waals surface area contributed by atoms with Crippen LogP contribution >= 0.6 is 11.3 Å². The fraction of sp³-hybridized carbons (Fsp3) is 0. The van der Waals surface area contributed by atoms with Gasteiger partial charge in [0.25, 0.3) is 0 Å². The number of aromatic amines is 2. The number of benzene rings is 1. The van der Waals surface area contributed by atoms with Crippen molar-refractivity contribution in [3.05, 3.63) is 59.2 Å². The third kappa shape index (κ3) is 1.54. The summed E-state index contributed by atoms with van der Waals surface area (Å²) >= 11 is 1.61. The number of hydrogen-bond acceptors (Lipinski definition) is 2. The summed E-state index contributed by atoms with van der Waals surface area (Å²) in [4.78, 5) is 19.9. The number of carbonyl (C=O) groups is 1. The Morgan fingerprint density at radius 3 is 2.95 bits per heavy atom. The zero-order valence-corrected chi connectivity index (χ0v) is 10.8. The maximum absolute atomic E-state index is 12.5. The van der Waals surface area contributed by atoms with Crippen molar-refractivity contribution in [1.29, 1.82) is 0 Å². The molecule has 3 heterocycles. The van der Waals surface area contributed by atoms with Crippen LogP contribution in [0.3, 0.4) is 0 Å². The van der Waals surface area contributed by atoms with Gasteiger partial charge in [-0.05, 0) is 23.6 Å². The average molecular weight is 266 g/mol. The lowest BCUT2D eigenvalue weighted by molar-refractivity contribution is 0.103. The lowest BCUT2D eigenvalue weighted by Crippen LogP contribution is -2.00. The first-order chi connectivity index (χ1) is 9.33. The molecule has 0 saturated heterocycles. The highest BCUT2D eigenvalue weighted by atomic mass is 32.1. The van der Waals surface area contributed by atoms with Crippen molar-refractivity contribution in [2.75, 3.05) is 0 Å². The molecule has 4 aromatic rings. The van der Waals surface area contributed by atoms with Gasteiger partial charge in [-0.2, -0.15) is 0 Å². The van der Waals surface area contributed by atoms with Gasteiger partial charge in [0.2, 0.25) is 5.78 Å². The lowest BCUT2D eigenvalue weighted by atomic mass is 10.1. The van der Waals surface area contributed by atoms with Crippen LogP contribution in [-0.4, -0.2) is 15.8 Å². The molecule has 0 aliphatic rings. The largest absolute Gasteiger partial charge is 0.360 e. The van der Waals surface area contributed by atoms with E-state index in [-0.39, 0.29) is 5.78 Å². The minimum absolute atomic E-state index is 0.0286. The number of nitrogens with one attached hydrogen (secondary N) is 2. The molecular formula is C15H10N2OS. The van der Waals surface area contributed by atoms with Crippen LogP contribution in [0.4, 0.5) is 0 Å². The molecule has 2 N–H and O–H groups in total. The normalized spacial score (nSPS) is 11.4. The molecule has 0 spiro atoms. The van der Waals surface area contributed by atoms with Gasteiger partial charge in [0.1, 0.15) is 4.83 Å². The van der Waals surface area contributed by atoms with Gasteiger partial charge >= 0.3 is 0 Å². The van der Waals surface area contributed by atoms with E-state index < -0.39 is 0 Å². The smallest absolute Gasteiger partial charge is 0.211 e. The summed E-state index contributed by atoms with van der Waals surface area (Å²) in [5, 5.41) is 4.07. The first kappa shape index (κ1) is 10.6. The minimum Gasteiger partial charge on any atom is -0.360 e. The maximum Gasteiger partial charge on any atom is 0.211 e. The second-order valence-corrected chi connectivity index (χ2v) is 5.38. The molecule has 3 nitrogen and oxygen atoms in total. The molecule has 1 aromatic carbocycles. The van der Waals surface area contributed by atoms with Gasteiger partial charge in [-0.15, -0.1) is 11.3 Å². The highest BCUT2D eigenvalue weighted by Crippen LogP contribution is 2.25. The number of carbonyl (C=O) groups excluding carboxylic acids is 1. The molecule has 4 rings (SSSR count). The number of aromatic nitrogens is 2. The van der Waals surface area contributed by atoms with E-state index >= 15 is 0 Å². The van der Waals surface area contributed by atoms with Crippen LogP contribution in [0, 0.1) is 0 Å². The Morgan fingerprint density at radius 2 is 2.05 bits per heavy atom. The molecule has 0 aliphatic heterocycles. The van der Waals surface area contributed by atoms with Crippen LogP contribution in [0.1, 0.15) is 16.1 Å². The van der Waals surface area contributed by atoms with Gasteiger partial charge in [0.05, 0.1) is 5.69 Å². The van der Waals surface area contributed by atoms with Gasteiger partial charge < -0.3 is 9.97 Å². The van der Waals surface area contributed by atoms with Crippen LogP contribution in [0.2, 0.25) is 0 Å². The van der Waals surface area contributed by atoms with Crippen molar-refractivity contribution in [1.82, 2.24) is 9.97 Å². The van der Waals surface area contributed by atoms with E-state index in [2.05, 4.69) is 9.97 Å². The van der Waals surface area contributed by atoms with Crippen LogP contribution in [0.25, 0.3) is 21.1 Å². The van der Waals surface area contributed by atoms with E-state index in [0.29, 0.717) is 11.3 Å². The summed E-state index contributed by atoms with van der Waals surface area (Å²) in [6.45, 7) is 0. The number of rotatable bonds is 2. The van der Waals surface area contributed by atoms with Crippen LogP contribution in [0.15, 0.2) is 48.0 Å². The summed E-state index contributed by atoms with van der Waals surface area (Å²) in [5.41, 5.74) is 2.34. The fourth-order valence-electron chi connectivity index (χ4n) is 2.38. The minimum atomic E-state index is 0.0286. The van der Waals surface area contributed by atoms with E-state index in [1.54, 1.807) is 17.5 Å². The Balaban J connectivity index is 1.87. The van der Waals surface area contributed by atoms with Gasteiger partial charge in [-0.25, -0.2) is 0 Å². The maximum atomic E-state index is 12.5. The van der Waals surface area contributed by atoms with Gasteiger partial charge in [0, 0.05) is 28.0 Å². The number of hydrogen-bond donors (Lipinski definition) is 2. The zero-order valence-electron chi connectivity index (χ0n) is 9.94. The molecular weight excluding hydrogens is 256 g/mol. The van der Waals surface area contributed by atoms with E-state index in [0.717, 1.165) is 21.1 Å². The quantitative estimate of drug-likeness (QED) is 0.530. The topological polar surface area (TPSA) is 48.6 Å². The van der Waals surface area contributed by atoms with Gasteiger partial charge in [0.15, 0.2) is 0 Å². The Labute approximate surface area is 112 Å². The zero-order chi connectivity index (χ0) is 12.8. The summed E-state index contributed by atoms with van der Waals surface area (Å²) in [6.07, 6.45) is 1.78. The molecule has 0 amide bonds. The molecule has 0 bridgehead atoms. The molecule has 92 valence electrons. The SMILES string of the molecule is O=C(c1cc2ccsc2[nH]1)c1c[nH]c2ccccc12. The number of ketones is 1. The third-order valence-electron chi connectivity index (χ3n) is 3.32. The van der Waals surface area contributed by atoms with E-state index in [4.69, 9.17) is 0 Å². The molecule has 0 radical (unpaired) electrons. The number of H-pyrrole nitrogens is 2. The first-order valence-electron chi connectivity index (χ1n) is 6.00. The molecule has 3 aromatic heterocycles. The Bertz CT molecular complexity index is 868. The number of fused-ring (bicyclic) bond motifs is 2. The second kappa shape index (κ2) is 3.83. The molecule has 0 aliphatic carbocycles. The van der Waals surface area contributed by atoms with Gasteiger partial charge in [-0.3, -0.25) is 4.79 Å². The lowest BCUT2D eigenvalue weighted by Gasteiger charge is -1.96. The summed E-state index contributed by atoms with van der Waals surface area (Å²) < 4.78 is 0. The molecule has 0 fully saturated rings. The summed E-state index contributed by atoms with van der Waals surface area (Å²) in [5.74, 6) is 0.0286. The number of para-hydroxylation sites is 1. The fourth-order valence-corrected chi connectivity index (χ4v) is 3.16. The molecule has 0 atom stereocenters. The van der Waals surface area contributed by atoms with Crippen molar-refractivity contribution in [2.24, 2.45) is 0 Å². The van der Waals surface area contributed by atoms with E-state index in [1.807, 2.05) is 41.8 Å². The summed E-state index contributed by atoms with van der Waals surface area (Å²) in [6, 6.07) is 11.8. The second-order valence-electron chi connectivity index (χ2n) is 4.47. The van der Waals surface area contributed by atoms with Crippen molar-refractivity contribution < 1.29 is 4.79 Å². The van der Waals surface area contributed by atoms with Crippen molar-refractivity contribution in [3.63, 3.8) is 0 Å². The van der Waals surface area contributed by atoms with Crippen molar-refractivity contribution in [3.8, 4) is 0 Å². The predicted molar refractivity (Wildman–Crippen MR) is 77.9 cm³/mol. The van der Waals surface area contributed by atoms with Crippen LogP contribution in [0.5, 0.6) is 0 Å². The van der Waals surface area contributed by atoms with Crippen LogP contribution in [-0.2, 0) is 0 Å². The standard InChI is InChI=1S/C15H10N2OS/c18-14(13-7-9-5-6-19-15(9)17-13)11-8-16-12-4-2-1-3-10(11)12/h1-8,16-17H. The number of thiophene rings is 1. The molecule has 0 unspecified atom stereocenters. The highest BCUT2D eigenvalue weighted by Gasteiger charge is 2.16. The van der Waals surface area contributed by atoms with Crippen molar-refractivity contribution in [2.45, 2.75) is 0 Å². The highest BCUT2D eigenvalue weighted by molar-refractivity contribution is 7.16. The Hall–Kier alpha value is -2.33. The monoisotopic (exact) mass is 266 g/mol. The van der Waals surface area contributed by atoms with Crippen molar-refractivity contribution >= 4 is 38.2 Å². The van der Waals surface area contributed by atoms with Crippen LogP contribution < -0.4 is 0 Å². The Kier molecular flexibility index (Phi) is 2.13. The van der Waals surface area contributed by atoms with E-state index in [1.165, 1.54) is 0 Å². The predicted octanol–water partition coefficient (Wildman–Crippen LogP) is 3.94. The third-order valence-corrected chi connectivity index (χ3v) is 4.17. The van der Waals surface area contributed by atoms with Gasteiger partial charge in [-0.1, -0.05) is 18.2 Å². The first-order valence-corrected chi connectivity index (χ1v) is 6.88. The Morgan fingerprint density at radius 1 is 1.16 bits per heavy atom. The van der Waals surface area contributed by atoms with E-state index in [9.17, 15) is 4.79 Å². The average Bonchev–Trinajstić information content (AvgIpc) is 3.11. The molecule has 19 heavy (non-hydrogen) atoms.